The van der Waals surface area contributed by atoms with E-state index in [2.05, 4.69) is 15.9 Å². The predicted molar refractivity (Wildman–Crippen MR) is 87.7 cm³/mol. The van der Waals surface area contributed by atoms with E-state index in [1.165, 1.54) is 6.26 Å². The minimum absolute atomic E-state index is 0.484. The molecule has 7 heteroatoms. The normalized spacial score (nSPS) is 14.6. The van der Waals surface area contributed by atoms with Crippen LogP contribution in [0, 0.1) is 0 Å². The molecule has 0 bridgehead atoms. The lowest BCUT2D eigenvalue weighted by atomic mass is 10.0. The molecule has 0 aliphatic heterocycles. The second-order valence-corrected chi connectivity index (χ2v) is 8.00. The number of halogens is 1. The molecule has 0 radical (unpaired) electrons. The van der Waals surface area contributed by atoms with E-state index in [1.807, 2.05) is 13.8 Å². The van der Waals surface area contributed by atoms with Gasteiger partial charge in [-0.1, -0.05) is 15.9 Å². The molecule has 1 rings (SSSR count). The first-order valence-corrected chi connectivity index (χ1v) is 9.50. The van der Waals surface area contributed by atoms with Crippen LogP contribution >= 0.6 is 15.9 Å². The molecule has 0 aliphatic rings. The molecule has 0 aliphatic carbocycles. The highest BCUT2D eigenvalue weighted by molar-refractivity contribution is 9.10. The minimum atomic E-state index is -3.23. The molecule has 2 N–H and O–H groups in total. The van der Waals surface area contributed by atoms with Gasteiger partial charge in [0.1, 0.15) is 0 Å². The summed E-state index contributed by atoms with van der Waals surface area (Å²) < 4.78 is 35.1. The van der Waals surface area contributed by atoms with E-state index >= 15 is 0 Å². The Morgan fingerprint density at radius 1 is 1.19 bits per heavy atom. The molecule has 0 aromatic heterocycles. The lowest BCUT2D eigenvalue weighted by Gasteiger charge is -2.22. The summed E-state index contributed by atoms with van der Waals surface area (Å²) in [6, 6.07) is 2.85. The fourth-order valence-electron chi connectivity index (χ4n) is 1.86. The van der Waals surface area contributed by atoms with Crippen LogP contribution in [-0.4, -0.2) is 33.1 Å². The highest BCUT2D eigenvalue weighted by Gasteiger charge is 2.27. The van der Waals surface area contributed by atoms with E-state index in [0.717, 1.165) is 0 Å². The molecule has 5 nitrogen and oxygen atoms in total. The van der Waals surface area contributed by atoms with Gasteiger partial charge >= 0.3 is 0 Å². The zero-order chi connectivity index (χ0) is 16.2. The minimum Gasteiger partial charge on any atom is -0.490 e. The van der Waals surface area contributed by atoms with Crippen LogP contribution in [0.1, 0.15) is 32.4 Å². The Balaban J connectivity index is 3.27. The molecule has 21 heavy (non-hydrogen) atoms. The summed E-state index contributed by atoms with van der Waals surface area (Å²) in [4.78, 5) is 0. The maximum atomic E-state index is 11.7. The van der Waals surface area contributed by atoms with Crippen LogP contribution in [0.25, 0.3) is 0 Å². The average Bonchev–Trinajstić information content (AvgIpc) is 2.39. The number of benzene rings is 1. The van der Waals surface area contributed by atoms with Crippen molar-refractivity contribution in [2.75, 3.05) is 19.5 Å². The Kier molecular flexibility index (Phi) is 6.49. The van der Waals surface area contributed by atoms with Crippen molar-refractivity contribution < 1.29 is 17.9 Å². The first-order valence-electron chi connectivity index (χ1n) is 6.75. The summed E-state index contributed by atoms with van der Waals surface area (Å²) >= 11 is 3.43. The quantitative estimate of drug-likeness (QED) is 0.787. The molecule has 1 aromatic carbocycles. The molecular weight excluding hydrogens is 358 g/mol. The second kappa shape index (κ2) is 7.47. The van der Waals surface area contributed by atoms with Gasteiger partial charge < -0.3 is 15.2 Å². The van der Waals surface area contributed by atoms with Crippen molar-refractivity contribution in [2.45, 2.75) is 32.1 Å². The lowest BCUT2D eigenvalue weighted by Crippen LogP contribution is -2.30. The Bertz CT molecular complexity index is 589. The first-order chi connectivity index (χ1) is 9.72. The summed E-state index contributed by atoms with van der Waals surface area (Å²) in [7, 11) is -3.23. The van der Waals surface area contributed by atoms with Crippen molar-refractivity contribution in [3.05, 3.63) is 22.2 Å². The Morgan fingerprint density at radius 3 is 2.10 bits per heavy atom. The summed E-state index contributed by atoms with van der Waals surface area (Å²) in [5, 5.41) is -0.693. The third-order valence-corrected chi connectivity index (χ3v) is 5.53. The summed E-state index contributed by atoms with van der Waals surface area (Å²) in [6.07, 6.45) is 1.18. The highest BCUT2D eigenvalue weighted by Crippen LogP contribution is 2.37. The number of hydrogen-bond acceptors (Lipinski definition) is 5. The third-order valence-electron chi connectivity index (χ3n) is 3.20. The maximum Gasteiger partial charge on any atom is 0.162 e. The van der Waals surface area contributed by atoms with Crippen molar-refractivity contribution in [1.82, 2.24) is 0 Å². The van der Waals surface area contributed by atoms with Gasteiger partial charge in [0.25, 0.3) is 0 Å². The average molecular weight is 380 g/mol. The topological polar surface area (TPSA) is 78.6 Å². The summed E-state index contributed by atoms with van der Waals surface area (Å²) in [6.45, 7) is 6.35. The maximum absolute atomic E-state index is 11.7. The van der Waals surface area contributed by atoms with Crippen molar-refractivity contribution >= 4 is 25.8 Å². The fourth-order valence-corrected chi connectivity index (χ4v) is 3.13. The highest BCUT2D eigenvalue weighted by atomic mass is 79.9. The zero-order valence-corrected chi connectivity index (χ0v) is 15.1. The van der Waals surface area contributed by atoms with E-state index < -0.39 is 21.1 Å². The van der Waals surface area contributed by atoms with E-state index in [9.17, 15) is 8.42 Å². The van der Waals surface area contributed by atoms with Crippen molar-refractivity contribution in [3.63, 3.8) is 0 Å². The summed E-state index contributed by atoms with van der Waals surface area (Å²) in [5.41, 5.74) is 6.79. The second-order valence-electron chi connectivity index (χ2n) is 4.75. The molecule has 0 saturated carbocycles. The van der Waals surface area contributed by atoms with Crippen LogP contribution in [0.2, 0.25) is 0 Å². The Morgan fingerprint density at radius 2 is 1.67 bits per heavy atom. The van der Waals surface area contributed by atoms with Gasteiger partial charge in [-0.15, -0.1) is 0 Å². The van der Waals surface area contributed by atoms with Crippen LogP contribution in [0.15, 0.2) is 16.6 Å². The first kappa shape index (κ1) is 18.3. The van der Waals surface area contributed by atoms with Gasteiger partial charge in [-0.3, -0.25) is 0 Å². The molecule has 0 saturated heterocycles. The van der Waals surface area contributed by atoms with Crippen LogP contribution in [0.4, 0.5) is 0 Å². The molecule has 2 atom stereocenters. The van der Waals surface area contributed by atoms with E-state index in [-0.39, 0.29) is 0 Å². The number of nitrogens with two attached hydrogens (primary N) is 1. The number of hydrogen-bond donors (Lipinski definition) is 1. The van der Waals surface area contributed by atoms with Crippen molar-refractivity contribution in [1.29, 1.82) is 0 Å². The molecule has 0 amide bonds. The van der Waals surface area contributed by atoms with Gasteiger partial charge in [0, 0.05) is 16.8 Å². The van der Waals surface area contributed by atoms with Crippen LogP contribution in [-0.2, 0) is 9.84 Å². The van der Waals surface area contributed by atoms with Gasteiger partial charge in [0.05, 0.1) is 18.5 Å². The lowest BCUT2D eigenvalue weighted by molar-refractivity contribution is 0.287. The molecule has 0 fully saturated rings. The predicted octanol–water partition coefficient (Wildman–Crippen LogP) is 2.68. The molecule has 2 unspecified atom stereocenters. The van der Waals surface area contributed by atoms with Crippen LogP contribution in [0.5, 0.6) is 11.5 Å². The van der Waals surface area contributed by atoms with Gasteiger partial charge in [-0.05, 0) is 38.5 Å². The molecule has 120 valence electrons. The largest absolute Gasteiger partial charge is 0.490 e. The SMILES string of the molecule is CCOc1cc(Br)c(C(N)C(C)S(C)(=O)=O)cc1OCC. The van der Waals surface area contributed by atoms with E-state index in [4.69, 9.17) is 15.2 Å². The number of ether oxygens (including phenoxy) is 2. The zero-order valence-electron chi connectivity index (χ0n) is 12.7. The smallest absolute Gasteiger partial charge is 0.162 e. The van der Waals surface area contributed by atoms with Gasteiger partial charge in [-0.2, -0.15) is 0 Å². The molecule has 0 spiro atoms. The van der Waals surface area contributed by atoms with E-state index in [1.54, 1.807) is 19.1 Å². The van der Waals surface area contributed by atoms with Gasteiger partial charge in [0.2, 0.25) is 0 Å². The van der Waals surface area contributed by atoms with Crippen molar-refractivity contribution in [2.24, 2.45) is 5.73 Å². The fraction of sp³-hybridized carbons (Fsp3) is 0.571. The monoisotopic (exact) mass is 379 g/mol. The standard InChI is InChI=1S/C14H22BrNO4S/c1-5-19-12-7-10(11(15)8-13(12)20-6-2)14(16)9(3)21(4,17)18/h7-9,14H,5-6,16H2,1-4H3. The molecule has 0 heterocycles. The van der Waals surface area contributed by atoms with Crippen molar-refractivity contribution in [3.8, 4) is 11.5 Å². The third kappa shape index (κ3) is 4.59. The summed E-state index contributed by atoms with van der Waals surface area (Å²) in [5.74, 6) is 1.17. The molecule has 1 aromatic rings. The number of rotatable bonds is 7. The Hall–Kier alpha value is -0.790. The van der Waals surface area contributed by atoms with Crippen LogP contribution < -0.4 is 15.2 Å². The molecular formula is C14H22BrNO4S. The van der Waals surface area contributed by atoms with E-state index in [0.29, 0.717) is 34.7 Å². The Labute approximate surface area is 134 Å². The number of sulfone groups is 1. The van der Waals surface area contributed by atoms with Gasteiger partial charge in [0.15, 0.2) is 21.3 Å². The van der Waals surface area contributed by atoms with Crippen LogP contribution in [0.3, 0.4) is 0 Å². The van der Waals surface area contributed by atoms with Gasteiger partial charge in [-0.25, -0.2) is 8.42 Å².